The van der Waals surface area contributed by atoms with Crippen LogP contribution in [0.15, 0.2) is 91.3 Å². The lowest BCUT2D eigenvalue weighted by Crippen LogP contribution is -2.15. The summed E-state index contributed by atoms with van der Waals surface area (Å²) >= 11 is 0. The van der Waals surface area contributed by atoms with Crippen molar-refractivity contribution in [3.63, 3.8) is 0 Å². The minimum absolute atomic E-state index is 0.0135. The Morgan fingerprint density at radius 3 is 1.91 bits per heavy atom. The van der Waals surface area contributed by atoms with E-state index in [1.807, 2.05) is 60.7 Å². The summed E-state index contributed by atoms with van der Waals surface area (Å²) in [4.78, 5) is 30.7. The number of carboxylic acid groups (broad SMARTS) is 1. The lowest BCUT2D eigenvalue weighted by Gasteiger charge is -2.20. The summed E-state index contributed by atoms with van der Waals surface area (Å²) in [7, 11) is 0. The smallest absolute Gasteiger partial charge is 0.353 e. The Hall–Kier alpha value is -4.79. The van der Waals surface area contributed by atoms with E-state index in [4.69, 9.17) is 5.11 Å². The Labute approximate surface area is 188 Å². The van der Waals surface area contributed by atoms with Crippen molar-refractivity contribution in [1.29, 1.82) is 0 Å². The maximum absolute atomic E-state index is 12.0. The van der Waals surface area contributed by atoms with E-state index in [1.54, 1.807) is 0 Å². The van der Waals surface area contributed by atoms with Crippen molar-refractivity contribution < 1.29 is 14.8 Å². The molecule has 0 aliphatic heterocycles. The van der Waals surface area contributed by atoms with Crippen molar-refractivity contribution in [2.75, 3.05) is 10.6 Å². The number of rotatable bonds is 8. The molecular weight excluding hydrogens is 422 g/mol. The summed E-state index contributed by atoms with van der Waals surface area (Å²) in [6.45, 7) is 0. The van der Waals surface area contributed by atoms with E-state index in [1.165, 1.54) is 30.6 Å². The minimum atomic E-state index is -1.06. The predicted molar refractivity (Wildman–Crippen MR) is 124 cm³/mol. The van der Waals surface area contributed by atoms with Crippen LogP contribution >= 0.6 is 0 Å². The molecule has 0 unspecified atom stereocenters. The molecule has 0 fully saturated rings. The molecular formula is C24H19N5O4. The van der Waals surface area contributed by atoms with Gasteiger partial charge in [-0.05, 0) is 35.4 Å². The average molecular weight is 441 g/mol. The number of hydrogen-bond acceptors (Lipinski definition) is 7. The van der Waals surface area contributed by atoms with Gasteiger partial charge in [-0.2, -0.15) is 0 Å². The third-order valence-electron chi connectivity index (χ3n) is 4.95. The molecule has 3 N–H and O–H groups in total. The average Bonchev–Trinajstić information content (AvgIpc) is 2.84. The first-order chi connectivity index (χ1) is 16.0. The molecule has 0 atom stereocenters. The van der Waals surface area contributed by atoms with E-state index in [0.717, 1.165) is 11.1 Å². The Bertz CT molecular complexity index is 1230. The molecule has 0 saturated heterocycles. The SMILES string of the molecule is O=C(O)c1ccc(Nc2ncnc(NC(c3ccccc3)c3ccccc3)c2[N+](=O)[O-])cc1. The van der Waals surface area contributed by atoms with E-state index in [2.05, 4.69) is 20.6 Å². The molecule has 0 radical (unpaired) electrons. The Morgan fingerprint density at radius 2 is 1.39 bits per heavy atom. The van der Waals surface area contributed by atoms with E-state index < -0.39 is 10.9 Å². The summed E-state index contributed by atoms with van der Waals surface area (Å²) in [5.74, 6) is -1.02. The van der Waals surface area contributed by atoms with Gasteiger partial charge in [-0.25, -0.2) is 14.8 Å². The van der Waals surface area contributed by atoms with Crippen LogP contribution in [-0.2, 0) is 0 Å². The van der Waals surface area contributed by atoms with Crippen LogP contribution in [0.5, 0.6) is 0 Å². The second kappa shape index (κ2) is 9.56. The summed E-state index contributed by atoms with van der Waals surface area (Å²) in [6, 6.07) is 24.6. The second-order valence-electron chi connectivity index (χ2n) is 7.08. The molecule has 0 spiro atoms. The summed E-state index contributed by atoms with van der Waals surface area (Å²) in [5, 5.41) is 27.1. The maximum Gasteiger partial charge on any atom is 0.353 e. The first-order valence-electron chi connectivity index (χ1n) is 9.99. The lowest BCUT2D eigenvalue weighted by molar-refractivity contribution is -0.383. The molecule has 9 nitrogen and oxygen atoms in total. The van der Waals surface area contributed by atoms with E-state index in [9.17, 15) is 14.9 Å². The number of aromatic nitrogens is 2. The van der Waals surface area contributed by atoms with Gasteiger partial charge in [-0.3, -0.25) is 10.1 Å². The fraction of sp³-hybridized carbons (Fsp3) is 0.0417. The first-order valence-corrected chi connectivity index (χ1v) is 9.99. The van der Waals surface area contributed by atoms with Gasteiger partial charge in [0.05, 0.1) is 16.5 Å². The van der Waals surface area contributed by atoms with Crippen molar-refractivity contribution in [1.82, 2.24) is 9.97 Å². The highest BCUT2D eigenvalue weighted by Crippen LogP contribution is 2.35. The molecule has 4 aromatic rings. The Kier molecular flexibility index (Phi) is 6.21. The molecule has 0 aliphatic carbocycles. The van der Waals surface area contributed by atoms with Crippen LogP contribution in [-0.4, -0.2) is 26.0 Å². The quantitative estimate of drug-likeness (QED) is 0.256. The van der Waals surface area contributed by atoms with Gasteiger partial charge in [0.15, 0.2) is 0 Å². The predicted octanol–water partition coefficient (Wildman–Crippen LogP) is 5.03. The number of nitrogens with zero attached hydrogens (tertiary/aromatic N) is 3. The van der Waals surface area contributed by atoms with Gasteiger partial charge in [0.2, 0.25) is 11.6 Å². The van der Waals surface area contributed by atoms with Gasteiger partial charge >= 0.3 is 11.7 Å². The molecule has 0 saturated carbocycles. The number of nitro groups is 1. The summed E-state index contributed by atoms with van der Waals surface area (Å²) in [6.07, 6.45) is 1.23. The van der Waals surface area contributed by atoms with Crippen molar-refractivity contribution in [2.45, 2.75) is 6.04 Å². The number of aromatic carboxylic acids is 1. The van der Waals surface area contributed by atoms with Crippen molar-refractivity contribution in [3.8, 4) is 0 Å². The fourth-order valence-electron chi connectivity index (χ4n) is 3.37. The topological polar surface area (TPSA) is 130 Å². The van der Waals surface area contributed by atoms with E-state index >= 15 is 0 Å². The van der Waals surface area contributed by atoms with Gasteiger partial charge in [0, 0.05) is 5.69 Å². The number of carbonyl (C=O) groups is 1. The van der Waals surface area contributed by atoms with Crippen LogP contribution in [0.3, 0.4) is 0 Å². The third kappa shape index (κ3) is 4.93. The maximum atomic E-state index is 12.0. The fourth-order valence-corrected chi connectivity index (χ4v) is 3.37. The zero-order valence-electron chi connectivity index (χ0n) is 17.3. The molecule has 1 aromatic heterocycles. The number of carboxylic acids is 1. The highest BCUT2D eigenvalue weighted by molar-refractivity contribution is 5.88. The molecule has 4 rings (SSSR count). The van der Waals surface area contributed by atoms with Gasteiger partial charge in [0.25, 0.3) is 0 Å². The molecule has 0 bridgehead atoms. The standard InChI is InChI=1S/C24H19N5O4/c30-24(31)18-11-13-19(14-12-18)27-22-21(29(32)33)23(26-15-25-22)28-20(16-7-3-1-4-8-16)17-9-5-2-6-10-17/h1-15,20H,(H,30,31)(H2,25,26,27,28). The Morgan fingerprint density at radius 1 is 0.848 bits per heavy atom. The highest BCUT2D eigenvalue weighted by Gasteiger charge is 2.26. The number of anilines is 3. The number of benzene rings is 3. The minimum Gasteiger partial charge on any atom is -0.478 e. The molecule has 3 aromatic carbocycles. The van der Waals surface area contributed by atoms with Crippen LogP contribution < -0.4 is 10.6 Å². The van der Waals surface area contributed by atoms with E-state index in [-0.39, 0.29) is 28.9 Å². The van der Waals surface area contributed by atoms with Crippen LogP contribution in [0.1, 0.15) is 27.5 Å². The largest absolute Gasteiger partial charge is 0.478 e. The van der Waals surface area contributed by atoms with Crippen molar-refractivity contribution in [3.05, 3.63) is 118 Å². The lowest BCUT2D eigenvalue weighted by atomic mass is 9.99. The normalized spacial score (nSPS) is 10.6. The second-order valence-corrected chi connectivity index (χ2v) is 7.08. The molecule has 0 aliphatic rings. The molecule has 33 heavy (non-hydrogen) atoms. The van der Waals surface area contributed by atoms with E-state index in [0.29, 0.717) is 5.69 Å². The van der Waals surface area contributed by atoms with Crippen molar-refractivity contribution >= 4 is 29.0 Å². The molecule has 0 amide bonds. The summed E-state index contributed by atoms with van der Waals surface area (Å²) < 4.78 is 0. The molecule has 164 valence electrons. The Balaban J connectivity index is 1.71. The first kappa shape index (κ1) is 21.4. The van der Waals surface area contributed by atoms with Crippen LogP contribution in [0, 0.1) is 10.1 Å². The van der Waals surface area contributed by atoms with Crippen LogP contribution in [0.4, 0.5) is 23.0 Å². The van der Waals surface area contributed by atoms with Gasteiger partial charge < -0.3 is 15.7 Å². The third-order valence-corrected chi connectivity index (χ3v) is 4.95. The van der Waals surface area contributed by atoms with Gasteiger partial charge in [-0.1, -0.05) is 60.7 Å². The van der Waals surface area contributed by atoms with Crippen molar-refractivity contribution in [2.24, 2.45) is 0 Å². The van der Waals surface area contributed by atoms with Gasteiger partial charge in [0.1, 0.15) is 6.33 Å². The zero-order chi connectivity index (χ0) is 23.2. The molecule has 9 heteroatoms. The van der Waals surface area contributed by atoms with Gasteiger partial charge in [-0.15, -0.1) is 0 Å². The monoisotopic (exact) mass is 441 g/mol. The molecule has 1 heterocycles. The zero-order valence-corrected chi connectivity index (χ0v) is 17.3. The van der Waals surface area contributed by atoms with Crippen LogP contribution in [0.25, 0.3) is 0 Å². The highest BCUT2D eigenvalue weighted by atomic mass is 16.6. The summed E-state index contributed by atoms with van der Waals surface area (Å²) in [5.41, 5.74) is 2.06. The number of nitrogens with one attached hydrogen (secondary N) is 2. The number of hydrogen-bond donors (Lipinski definition) is 3. The van der Waals surface area contributed by atoms with Crippen LogP contribution in [0.2, 0.25) is 0 Å².